The maximum absolute atomic E-state index is 12.2. The summed E-state index contributed by atoms with van der Waals surface area (Å²) in [6.07, 6.45) is 0.743. The fourth-order valence-electron chi connectivity index (χ4n) is 0.941. The summed E-state index contributed by atoms with van der Waals surface area (Å²) in [7, 11) is 0. The van der Waals surface area contributed by atoms with Crippen LogP contribution in [0.1, 0.15) is 5.56 Å². The van der Waals surface area contributed by atoms with Crippen LogP contribution in [-0.2, 0) is 6.42 Å². The molecule has 3 heteroatoms. The van der Waals surface area contributed by atoms with Gasteiger partial charge in [-0.15, -0.1) is 0 Å². The van der Waals surface area contributed by atoms with E-state index in [0.29, 0.717) is 11.4 Å². The monoisotopic (exact) mass is 171 g/mol. The van der Waals surface area contributed by atoms with E-state index in [-0.39, 0.29) is 12.1 Å². The van der Waals surface area contributed by atoms with Gasteiger partial charge in [-0.1, -0.05) is 18.2 Å². The molecule has 60 valence electrons. The molecule has 0 aliphatic heterocycles. The van der Waals surface area contributed by atoms with Crippen LogP contribution in [0.5, 0.6) is 0 Å². The highest BCUT2D eigenvalue weighted by molar-refractivity contribution is 7.94. The van der Waals surface area contributed by atoms with Crippen molar-refractivity contribution in [3.8, 4) is 0 Å². The number of benzene rings is 1. The molecule has 0 fully saturated rings. The van der Waals surface area contributed by atoms with Gasteiger partial charge in [-0.05, 0) is 24.6 Å². The third-order valence-electron chi connectivity index (χ3n) is 1.47. The Morgan fingerprint density at radius 3 is 2.73 bits per heavy atom. The van der Waals surface area contributed by atoms with Gasteiger partial charge in [0, 0.05) is 4.90 Å². The minimum Gasteiger partial charge on any atom is -0.330 e. The normalized spacial score (nSPS) is 10.0. The molecule has 11 heavy (non-hydrogen) atoms. The molecule has 0 amide bonds. The highest BCUT2D eigenvalue weighted by Gasteiger charge is 1.99. The first-order valence-electron chi connectivity index (χ1n) is 3.45. The molecule has 2 N–H and O–H groups in total. The molecular formula is C8H10FNS. The summed E-state index contributed by atoms with van der Waals surface area (Å²) < 4.78 is 12.2. The van der Waals surface area contributed by atoms with Crippen LogP contribution in [0.2, 0.25) is 0 Å². The van der Waals surface area contributed by atoms with Crippen LogP contribution < -0.4 is 5.73 Å². The smallest absolute Gasteiger partial charge is 0.0815 e. The largest absolute Gasteiger partial charge is 0.330 e. The van der Waals surface area contributed by atoms with E-state index in [2.05, 4.69) is 0 Å². The third-order valence-corrected chi connectivity index (χ3v) is 2.03. The Kier molecular flexibility index (Phi) is 3.39. The van der Waals surface area contributed by atoms with E-state index >= 15 is 0 Å². The number of halogens is 1. The van der Waals surface area contributed by atoms with E-state index in [1.54, 1.807) is 6.07 Å². The van der Waals surface area contributed by atoms with Crippen molar-refractivity contribution in [1.82, 2.24) is 0 Å². The highest BCUT2D eigenvalue weighted by atomic mass is 32.2. The van der Waals surface area contributed by atoms with Gasteiger partial charge in [0.15, 0.2) is 0 Å². The zero-order valence-corrected chi connectivity index (χ0v) is 6.90. The second-order valence-electron chi connectivity index (χ2n) is 2.22. The lowest BCUT2D eigenvalue weighted by atomic mass is 10.1. The summed E-state index contributed by atoms with van der Waals surface area (Å²) in [4.78, 5) is 0.679. The van der Waals surface area contributed by atoms with E-state index in [1.807, 2.05) is 18.2 Å². The molecule has 0 saturated heterocycles. The lowest BCUT2D eigenvalue weighted by Gasteiger charge is -2.01. The first-order valence-corrected chi connectivity index (χ1v) is 4.16. The van der Waals surface area contributed by atoms with Crippen molar-refractivity contribution >= 4 is 12.1 Å². The zero-order chi connectivity index (χ0) is 8.10. The fourth-order valence-corrected chi connectivity index (χ4v) is 1.34. The second-order valence-corrected chi connectivity index (χ2v) is 2.82. The Morgan fingerprint density at radius 2 is 2.09 bits per heavy atom. The zero-order valence-electron chi connectivity index (χ0n) is 6.09. The minimum atomic E-state index is 0.280. The van der Waals surface area contributed by atoms with Crippen LogP contribution >= 0.6 is 12.1 Å². The number of rotatable bonds is 3. The van der Waals surface area contributed by atoms with E-state index < -0.39 is 0 Å². The lowest BCUT2D eigenvalue weighted by molar-refractivity contribution is 0.909. The standard InChI is InChI=1S/C8H10FNS/c9-11-8-4-2-1-3-7(8)5-6-10/h1-4H,5-6,10H2. The van der Waals surface area contributed by atoms with E-state index in [4.69, 9.17) is 5.73 Å². The highest BCUT2D eigenvalue weighted by Crippen LogP contribution is 2.22. The van der Waals surface area contributed by atoms with Gasteiger partial charge in [0.25, 0.3) is 0 Å². The van der Waals surface area contributed by atoms with Gasteiger partial charge in [0.05, 0.1) is 12.1 Å². The molecule has 1 rings (SSSR count). The van der Waals surface area contributed by atoms with E-state index in [1.165, 1.54) is 0 Å². The number of nitrogens with two attached hydrogens (primary N) is 1. The summed E-state index contributed by atoms with van der Waals surface area (Å²) in [5.41, 5.74) is 6.34. The maximum Gasteiger partial charge on any atom is 0.0815 e. The molecule has 0 radical (unpaired) electrons. The summed E-state index contributed by atoms with van der Waals surface area (Å²) in [5, 5.41) is 0. The quantitative estimate of drug-likeness (QED) is 0.754. The average Bonchev–Trinajstić information content (AvgIpc) is 2.06. The van der Waals surface area contributed by atoms with Crippen molar-refractivity contribution in [2.24, 2.45) is 5.73 Å². The molecule has 0 aliphatic carbocycles. The molecule has 0 heterocycles. The molecule has 1 nitrogen and oxygen atoms in total. The number of hydrogen-bond donors (Lipinski definition) is 1. The van der Waals surface area contributed by atoms with E-state index in [9.17, 15) is 3.89 Å². The van der Waals surface area contributed by atoms with Gasteiger partial charge in [0.1, 0.15) is 0 Å². The lowest BCUT2D eigenvalue weighted by Crippen LogP contribution is -2.03. The molecule has 0 atom stereocenters. The summed E-state index contributed by atoms with van der Waals surface area (Å²) >= 11 is 0.280. The Labute approximate surface area is 70.1 Å². The Bertz CT molecular complexity index is 227. The molecule has 1 aromatic rings. The van der Waals surface area contributed by atoms with E-state index in [0.717, 1.165) is 12.0 Å². The van der Waals surface area contributed by atoms with Crippen LogP contribution in [-0.4, -0.2) is 6.54 Å². The molecule has 0 unspecified atom stereocenters. The predicted octanol–water partition coefficient (Wildman–Crippen LogP) is 2.16. The van der Waals surface area contributed by atoms with Gasteiger partial charge in [0.2, 0.25) is 0 Å². The van der Waals surface area contributed by atoms with Gasteiger partial charge in [-0.25, -0.2) is 0 Å². The molecule has 0 aromatic heterocycles. The molecular weight excluding hydrogens is 161 g/mol. The summed E-state index contributed by atoms with van der Waals surface area (Å²) in [6, 6.07) is 7.37. The van der Waals surface area contributed by atoms with Crippen molar-refractivity contribution in [2.75, 3.05) is 6.54 Å². The first-order chi connectivity index (χ1) is 5.38. The first kappa shape index (κ1) is 8.56. The van der Waals surface area contributed by atoms with Crippen LogP contribution in [0.4, 0.5) is 3.89 Å². The van der Waals surface area contributed by atoms with Crippen LogP contribution in [0.15, 0.2) is 29.2 Å². The maximum atomic E-state index is 12.2. The van der Waals surface area contributed by atoms with Gasteiger partial charge in [-0.3, -0.25) is 0 Å². The summed E-state index contributed by atoms with van der Waals surface area (Å²) in [6.45, 7) is 0.567. The second kappa shape index (κ2) is 4.36. The van der Waals surface area contributed by atoms with Gasteiger partial charge < -0.3 is 5.73 Å². The molecule has 0 spiro atoms. The van der Waals surface area contributed by atoms with Gasteiger partial charge in [-0.2, -0.15) is 3.89 Å². The van der Waals surface area contributed by atoms with Crippen molar-refractivity contribution in [2.45, 2.75) is 11.3 Å². The molecule has 0 bridgehead atoms. The molecule has 0 saturated carbocycles. The fraction of sp³-hybridized carbons (Fsp3) is 0.250. The molecule has 1 aromatic carbocycles. The topological polar surface area (TPSA) is 26.0 Å². The van der Waals surface area contributed by atoms with Crippen molar-refractivity contribution < 1.29 is 3.89 Å². The van der Waals surface area contributed by atoms with Crippen molar-refractivity contribution in [3.05, 3.63) is 29.8 Å². The Morgan fingerprint density at radius 1 is 1.36 bits per heavy atom. The SMILES string of the molecule is NCCc1ccccc1SF. The molecule has 0 aliphatic rings. The van der Waals surface area contributed by atoms with Crippen LogP contribution in [0, 0.1) is 0 Å². The van der Waals surface area contributed by atoms with Crippen LogP contribution in [0.3, 0.4) is 0 Å². The van der Waals surface area contributed by atoms with Crippen molar-refractivity contribution in [3.63, 3.8) is 0 Å². The Balaban J connectivity index is 2.83. The average molecular weight is 171 g/mol. The van der Waals surface area contributed by atoms with Gasteiger partial charge >= 0.3 is 0 Å². The Hall–Kier alpha value is -0.540. The summed E-state index contributed by atoms with van der Waals surface area (Å²) in [5.74, 6) is 0. The number of hydrogen-bond acceptors (Lipinski definition) is 2. The third kappa shape index (κ3) is 2.20. The minimum absolute atomic E-state index is 0.280. The van der Waals surface area contributed by atoms with Crippen molar-refractivity contribution in [1.29, 1.82) is 0 Å². The van der Waals surface area contributed by atoms with Crippen LogP contribution in [0.25, 0.3) is 0 Å². The predicted molar refractivity (Wildman–Crippen MR) is 46.2 cm³/mol.